The second-order valence-corrected chi connectivity index (χ2v) is 6.89. The van der Waals surface area contributed by atoms with Crippen LogP contribution in [0.2, 0.25) is 0 Å². The smallest absolute Gasteiger partial charge is 0.134 e. The van der Waals surface area contributed by atoms with E-state index in [1.807, 2.05) is 0 Å². The molecule has 1 aliphatic rings. The summed E-state index contributed by atoms with van der Waals surface area (Å²) in [7, 11) is 0. The lowest BCUT2D eigenvalue weighted by molar-refractivity contribution is 0.449. The first kappa shape index (κ1) is 15.1. The van der Waals surface area contributed by atoms with Gasteiger partial charge in [-0.3, -0.25) is 0 Å². The van der Waals surface area contributed by atoms with E-state index < -0.39 is 0 Å². The number of rotatable bonds is 0. The van der Waals surface area contributed by atoms with Crippen molar-refractivity contribution in [3.8, 4) is 11.5 Å². The maximum atomic E-state index is 6.47. The molecule has 22 heavy (non-hydrogen) atoms. The molecule has 116 valence electrons. The molecule has 1 heterocycles. The number of fused-ring (bicyclic) bond motifs is 2. The van der Waals surface area contributed by atoms with E-state index in [0.717, 1.165) is 17.9 Å². The van der Waals surface area contributed by atoms with Crippen molar-refractivity contribution in [2.45, 2.75) is 61.8 Å². The Kier molecular flexibility index (Phi) is 3.36. The van der Waals surface area contributed by atoms with E-state index in [4.69, 9.17) is 4.74 Å². The number of hydrogen-bond acceptors (Lipinski definition) is 1. The molecular formula is C21H26O. The van der Waals surface area contributed by atoms with Crippen LogP contribution in [0.4, 0.5) is 0 Å². The van der Waals surface area contributed by atoms with Gasteiger partial charge in [-0.05, 0) is 99.9 Å². The van der Waals surface area contributed by atoms with Crippen molar-refractivity contribution >= 4 is 0 Å². The van der Waals surface area contributed by atoms with Gasteiger partial charge in [0, 0.05) is 17.5 Å². The van der Waals surface area contributed by atoms with Gasteiger partial charge in [0.1, 0.15) is 11.5 Å². The van der Waals surface area contributed by atoms with Crippen molar-refractivity contribution in [1.82, 2.24) is 0 Å². The fraction of sp³-hybridized carbons (Fsp3) is 0.429. The van der Waals surface area contributed by atoms with Crippen LogP contribution in [0.1, 0.15) is 55.6 Å². The number of hydrogen-bond donors (Lipinski definition) is 0. The van der Waals surface area contributed by atoms with Crippen molar-refractivity contribution in [3.05, 3.63) is 55.6 Å². The van der Waals surface area contributed by atoms with Crippen LogP contribution in [0.3, 0.4) is 0 Å². The Balaban J connectivity index is 2.32. The molecule has 0 aliphatic carbocycles. The van der Waals surface area contributed by atoms with Gasteiger partial charge in [0.2, 0.25) is 0 Å². The van der Waals surface area contributed by atoms with Crippen molar-refractivity contribution in [3.63, 3.8) is 0 Å². The molecule has 0 saturated heterocycles. The van der Waals surface area contributed by atoms with E-state index in [-0.39, 0.29) is 0 Å². The Hall–Kier alpha value is -1.76. The van der Waals surface area contributed by atoms with Gasteiger partial charge in [-0.15, -0.1) is 0 Å². The van der Waals surface area contributed by atoms with Gasteiger partial charge in [-0.25, -0.2) is 0 Å². The molecular weight excluding hydrogens is 268 g/mol. The number of ether oxygens (including phenoxy) is 1. The van der Waals surface area contributed by atoms with Crippen LogP contribution >= 0.6 is 0 Å². The standard InChI is InChI=1S/C21H26O/c1-10-12(3)16(7)20-18(14(10)5)9-19-15(6)11(2)13(4)17(8)21(19)22-20/h9H2,1-8H3. The van der Waals surface area contributed by atoms with E-state index in [1.54, 1.807) is 0 Å². The van der Waals surface area contributed by atoms with Crippen LogP contribution in [0.25, 0.3) is 0 Å². The minimum Gasteiger partial charge on any atom is -0.456 e. The highest BCUT2D eigenvalue weighted by molar-refractivity contribution is 5.65. The molecule has 0 saturated carbocycles. The molecule has 0 bridgehead atoms. The zero-order valence-electron chi connectivity index (χ0n) is 15.1. The first-order chi connectivity index (χ1) is 10.3. The molecule has 3 rings (SSSR count). The first-order valence-corrected chi connectivity index (χ1v) is 8.12. The molecule has 0 unspecified atom stereocenters. The highest BCUT2D eigenvalue weighted by atomic mass is 16.5. The maximum absolute atomic E-state index is 6.47. The lowest BCUT2D eigenvalue weighted by Gasteiger charge is -2.30. The summed E-state index contributed by atoms with van der Waals surface area (Å²) in [6, 6.07) is 0. The van der Waals surface area contributed by atoms with E-state index in [2.05, 4.69) is 55.4 Å². The summed E-state index contributed by atoms with van der Waals surface area (Å²) in [6.07, 6.45) is 0.992. The van der Waals surface area contributed by atoms with Gasteiger partial charge in [-0.2, -0.15) is 0 Å². The Bertz CT molecular complexity index is 675. The Morgan fingerprint density at radius 2 is 0.773 bits per heavy atom. The molecule has 0 fully saturated rings. The fourth-order valence-electron chi connectivity index (χ4n) is 3.69. The predicted molar refractivity (Wildman–Crippen MR) is 93.7 cm³/mol. The third-order valence-corrected chi connectivity index (χ3v) is 6.07. The molecule has 0 radical (unpaired) electrons. The average Bonchev–Trinajstić information content (AvgIpc) is 2.52. The SMILES string of the molecule is Cc1c(C)c(C)c2c(c1C)Cc1c(C)c(C)c(C)c(C)c1O2. The van der Waals surface area contributed by atoms with Crippen molar-refractivity contribution in [2.75, 3.05) is 0 Å². The maximum Gasteiger partial charge on any atom is 0.134 e. The van der Waals surface area contributed by atoms with Gasteiger partial charge in [0.25, 0.3) is 0 Å². The minimum atomic E-state index is 0.992. The Morgan fingerprint density at radius 1 is 0.455 bits per heavy atom. The minimum absolute atomic E-state index is 0.992. The van der Waals surface area contributed by atoms with Crippen molar-refractivity contribution in [2.24, 2.45) is 0 Å². The molecule has 0 aromatic heterocycles. The summed E-state index contributed by atoms with van der Waals surface area (Å²) < 4.78 is 6.47. The summed E-state index contributed by atoms with van der Waals surface area (Å²) in [5.74, 6) is 2.19. The largest absolute Gasteiger partial charge is 0.456 e. The zero-order chi connectivity index (χ0) is 16.3. The average molecular weight is 294 g/mol. The normalized spacial score (nSPS) is 12.7. The Labute approximate surface area is 134 Å². The number of benzene rings is 2. The predicted octanol–water partition coefficient (Wildman–Crippen LogP) is 5.85. The zero-order valence-corrected chi connectivity index (χ0v) is 15.1. The molecule has 1 aliphatic heterocycles. The topological polar surface area (TPSA) is 9.23 Å². The Morgan fingerprint density at radius 3 is 1.14 bits per heavy atom. The van der Waals surface area contributed by atoms with Gasteiger partial charge < -0.3 is 4.74 Å². The van der Waals surface area contributed by atoms with Crippen molar-refractivity contribution in [1.29, 1.82) is 0 Å². The highest BCUT2D eigenvalue weighted by Gasteiger charge is 2.27. The van der Waals surface area contributed by atoms with E-state index in [0.29, 0.717) is 0 Å². The van der Waals surface area contributed by atoms with Crippen LogP contribution in [-0.4, -0.2) is 0 Å². The highest BCUT2D eigenvalue weighted by Crippen LogP contribution is 2.46. The molecule has 2 aromatic rings. The summed E-state index contributed by atoms with van der Waals surface area (Å²) >= 11 is 0. The quantitative estimate of drug-likeness (QED) is 0.505. The fourth-order valence-corrected chi connectivity index (χ4v) is 3.69. The van der Waals surface area contributed by atoms with Crippen LogP contribution < -0.4 is 4.74 Å². The third-order valence-electron chi connectivity index (χ3n) is 6.07. The van der Waals surface area contributed by atoms with E-state index in [1.165, 1.54) is 55.6 Å². The summed E-state index contributed by atoms with van der Waals surface area (Å²) in [6.45, 7) is 17.7. The molecule has 2 aromatic carbocycles. The van der Waals surface area contributed by atoms with Gasteiger partial charge in [-0.1, -0.05) is 0 Å². The molecule has 1 nitrogen and oxygen atoms in total. The van der Waals surface area contributed by atoms with Crippen LogP contribution in [0.15, 0.2) is 0 Å². The summed E-state index contributed by atoms with van der Waals surface area (Å²) in [5, 5.41) is 0. The van der Waals surface area contributed by atoms with Crippen LogP contribution in [0.5, 0.6) is 11.5 Å². The van der Waals surface area contributed by atoms with Crippen molar-refractivity contribution < 1.29 is 4.74 Å². The van der Waals surface area contributed by atoms with Crippen LogP contribution in [0, 0.1) is 55.4 Å². The first-order valence-electron chi connectivity index (χ1n) is 8.12. The molecule has 0 spiro atoms. The monoisotopic (exact) mass is 294 g/mol. The van der Waals surface area contributed by atoms with Gasteiger partial charge in [0.15, 0.2) is 0 Å². The molecule has 0 atom stereocenters. The molecule has 0 N–H and O–H groups in total. The second kappa shape index (κ2) is 4.87. The van der Waals surface area contributed by atoms with E-state index in [9.17, 15) is 0 Å². The molecule has 1 heteroatoms. The summed E-state index contributed by atoms with van der Waals surface area (Å²) in [4.78, 5) is 0. The second-order valence-electron chi connectivity index (χ2n) is 6.89. The van der Waals surface area contributed by atoms with Gasteiger partial charge in [0.05, 0.1) is 0 Å². The van der Waals surface area contributed by atoms with Crippen LogP contribution in [-0.2, 0) is 6.42 Å². The lowest BCUT2D eigenvalue weighted by atomic mass is 9.84. The van der Waals surface area contributed by atoms with E-state index >= 15 is 0 Å². The third kappa shape index (κ3) is 1.84. The molecule has 0 amide bonds. The summed E-state index contributed by atoms with van der Waals surface area (Å²) in [5.41, 5.74) is 13.6. The van der Waals surface area contributed by atoms with Gasteiger partial charge >= 0.3 is 0 Å². The lowest BCUT2D eigenvalue weighted by Crippen LogP contribution is -2.13.